The Labute approximate surface area is 207 Å². The second-order valence-electron chi connectivity index (χ2n) is 8.51. The number of phenolic OH excluding ortho intramolecular Hbond substituents is 1. The van der Waals surface area contributed by atoms with E-state index in [-0.39, 0.29) is 35.0 Å². The molecule has 184 valence electrons. The van der Waals surface area contributed by atoms with Gasteiger partial charge in [-0.15, -0.1) is 0 Å². The first-order valence-electron chi connectivity index (χ1n) is 11.4. The monoisotopic (exact) mass is 487 g/mol. The normalized spacial score (nSPS) is 11.8. The minimum Gasteiger partial charge on any atom is -0.507 e. The Morgan fingerprint density at radius 1 is 0.972 bits per heavy atom. The van der Waals surface area contributed by atoms with Crippen LogP contribution in [0.4, 0.5) is 4.79 Å². The van der Waals surface area contributed by atoms with Gasteiger partial charge in [-0.1, -0.05) is 74.5 Å². The molecular weight excluding hydrogens is 462 g/mol. The van der Waals surface area contributed by atoms with E-state index in [0.29, 0.717) is 11.3 Å². The lowest BCUT2D eigenvalue weighted by Crippen LogP contribution is -2.46. The van der Waals surface area contributed by atoms with Crippen LogP contribution in [-0.4, -0.2) is 23.2 Å². The molecule has 4 aromatic rings. The van der Waals surface area contributed by atoms with Crippen LogP contribution in [-0.2, 0) is 16.1 Å². The molecule has 0 saturated carbocycles. The number of carbonyl (C=O) groups is 2. The number of nitrogens with one attached hydrogen (secondary N) is 1. The molecule has 3 aromatic carbocycles. The van der Waals surface area contributed by atoms with Gasteiger partial charge in [-0.05, 0) is 11.5 Å². The van der Waals surface area contributed by atoms with Gasteiger partial charge >= 0.3 is 12.1 Å². The van der Waals surface area contributed by atoms with Crippen molar-refractivity contribution in [2.24, 2.45) is 5.92 Å². The van der Waals surface area contributed by atoms with Gasteiger partial charge in [0.15, 0.2) is 5.43 Å². The molecule has 8 heteroatoms. The summed E-state index contributed by atoms with van der Waals surface area (Å²) in [7, 11) is 0. The van der Waals surface area contributed by atoms with Gasteiger partial charge in [0, 0.05) is 23.8 Å². The van der Waals surface area contributed by atoms with Crippen molar-refractivity contribution in [2.45, 2.75) is 26.5 Å². The SMILES string of the molecule is CC(C)[C@H](NC(=O)OCc1ccccc1)C(=O)Oc1cc(O)c2c(=O)cc(-c3ccccc3)oc2c1. The van der Waals surface area contributed by atoms with E-state index in [0.717, 1.165) is 11.6 Å². The highest BCUT2D eigenvalue weighted by Gasteiger charge is 2.27. The molecule has 4 rings (SSSR count). The molecule has 1 amide bonds. The molecule has 0 fully saturated rings. The van der Waals surface area contributed by atoms with E-state index >= 15 is 0 Å². The van der Waals surface area contributed by atoms with Crippen molar-refractivity contribution in [1.29, 1.82) is 0 Å². The number of hydrogen-bond donors (Lipinski definition) is 2. The van der Waals surface area contributed by atoms with Crippen LogP contribution in [0.3, 0.4) is 0 Å². The summed E-state index contributed by atoms with van der Waals surface area (Å²) in [5, 5.41) is 12.9. The van der Waals surface area contributed by atoms with E-state index in [2.05, 4.69) is 5.32 Å². The standard InChI is InChI=1S/C28H25NO7/c1-17(2)26(29-28(33)34-16-18-9-5-3-6-10-18)27(32)35-20-13-21(30)25-22(31)15-23(36-24(25)14-20)19-11-7-4-8-12-19/h3-15,17,26,30H,16H2,1-2H3,(H,29,33)/t26-/m0/s1. The fraction of sp³-hybridized carbons (Fsp3) is 0.179. The van der Waals surface area contributed by atoms with Gasteiger partial charge in [0.25, 0.3) is 0 Å². The number of phenols is 1. The molecule has 1 aromatic heterocycles. The van der Waals surface area contributed by atoms with Crippen LogP contribution in [0.25, 0.3) is 22.3 Å². The number of esters is 1. The molecule has 1 heterocycles. The summed E-state index contributed by atoms with van der Waals surface area (Å²) in [5.41, 5.74) is 1.10. The molecule has 36 heavy (non-hydrogen) atoms. The van der Waals surface area contributed by atoms with Crippen LogP contribution >= 0.6 is 0 Å². The van der Waals surface area contributed by atoms with Gasteiger partial charge < -0.3 is 24.3 Å². The van der Waals surface area contributed by atoms with Crippen molar-refractivity contribution in [3.8, 4) is 22.8 Å². The molecule has 0 saturated heterocycles. The molecule has 8 nitrogen and oxygen atoms in total. The zero-order valence-electron chi connectivity index (χ0n) is 19.8. The number of fused-ring (bicyclic) bond motifs is 1. The zero-order chi connectivity index (χ0) is 25.7. The molecule has 0 aliphatic heterocycles. The van der Waals surface area contributed by atoms with Crippen LogP contribution in [0.15, 0.2) is 88.1 Å². The second kappa shape index (κ2) is 10.8. The number of aromatic hydroxyl groups is 1. The average Bonchev–Trinajstić information content (AvgIpc) is 2.86. The topological polar surface area (TPSA) is 115 Å². The summed E-state index contributed by atoms with van der Waals surface area (Å²) in [6.45, 7) is 3.53. The Morgan fingerprint density at radius 2 is 1.64 bits per heavy atom. The van der Waals surface area contributed by atoms with E-state index in [4.69, 9.17) is 13.9 Å². The van der Waals surface area contributed by atoms with E-state index in [1.807, 2.05) is 36.4 Å². The molecule has 0 unspecified atom stereocenters. The second-order valence-corrected chi connectivity index (χ2v) is 8.51. The van der Waals surface area contributed by atoms with Crippen LogP contribution in [0.2, 0.25) is 0 Å². The van der Waals surface area contributed by atoms with Crippen molar-refractivity contribution in [3.05, 3.63) is 94.6 Å². The summed E-state index contributed by atoms with van der Waals surface area (Å²) >= 11 is 0. The molecule has 0 aliphatic carbocycles. The lowest BCUT2D eigenvalue weighted by molar-refractivity contribution is -0.137. The summed E-state index contributed by atoms with van der Waals surface area (Å²) in [6, 6.07) is 20.9. The first-order valence-corrected chi connectivity index (χ1v) is 11.4. The van der Waals surface area contributed by atoms with Crippen molar-refractivity contribution in [1.82, 2.24) is 5.32 Å². The van der Waals surface area contributed by atoms with Gasteiger partial charge in [0.2, 0.25) is 0 Å². The van der Waals surface area contributed by atoms with Crippen LogP contribution in [0.5, 0.6) is 11.5 Å². The van der Waals surface area contributed by atoms with Crippen LogP contribution in [0.1, 0.15) is 19.4 Å². The maximum absolute atomic E-state index is 12.9. The number of amides is 1. The third-order valence-corrected chi connectivity index (χ3v) is 5.47. The third-order valence-electron chi connectivity index (χ3n) is 5.47. The van der Waals surface area contributed by atoms with E-state index < -0.39 is 23.5 Å². The van der Waals surface area contributed by atoms with Crippen molar-refractivity contribution < 1.29 is 28.6 Å². The maximum Gasteiger partial charge on any atom is 0.408 e. The summed E-state index contributed by atoms with van der Waals surface area (Å²) in [5.74, 6) is -1.21. The highest BCUT2D eigenvalue weighted by molar-refractivity contribution is 5.88. The number of rotatable bonds is 7. The quantitative estimate of drug-likeness (QED) is 0.278. The number of alkyl carbamates (subject to hydrolysis) is 1. The molecule has 2 N–H and O–H groups in total. The molecular formula is C28H25NO7. The smallest absolute Gasteiger partial charge is 0.408 e. The molecule has 0 spiro atoms. The fourth-order valence-electron chi connectivity index (χ4n) is 3.62. The Morgan fingerprint density at radius 3 is 2.31 bits per heavy atom. The van der Waals surface area contributed by atoms with Crippen molar-refractivity contribution >= 4 is 23.0 Å². The van der Waals surface area contributed by atoms with E-state index in [1.54, 1.807) is 38.1 Å². The maximum atomic E-state index is 12.9. The predicted octanol–water partition coefficient (Wildman–Crippen LogP) is 5.02. The Bertz CT molecular complexity index is 1430. The van der Waals surface area contributed by atoms with Crippen molar-refractivity contribution in [3.63, 3.8) is 0 Å². The summed E-state index contributed by atoms with van der Waals surface area (Å²) in [6.07, 6.45) is -0.769. The molecule has 0 bridgehead atoms. The molecule has 0 aliphatic rings. The molecule has 1 atom stereocenters. The lowest BCUT2D eigenvalue weighted by Gasteiger charge is -2.20. The number of ether oxygens (including phenoxy) is 2. The van der Waals surface area contributed by atoms with E-state index in [1.165, 1.54) is 12.1 Å². The Kier molecular flexibility index (Phi) is 7.34. The van der Waals surface area contributed by atoms with Gasteiger partial charge in [-0.3, -0.25) is 4.79 Å². The highest BCUT2D eigenvalue weighted by Crippen LogP contribution is 2.31. The van der Waals surface area contributed by atoms with Gasteiger partial charge in [0.05, 0.1) is 0 Å². The Hall–Kier alpha value is -4.59. The largest absolute Gasteiger partial charge is 0.507 e. The van der Waals surface area contributed by atoms with Gasteiger partial charge in [-0.25, -0.2) is 9.59 Å². The fourth-order valence-corrected chi connectivity index (χ4v) is 3.62. The lowest BCUT2D eigenvalue weighted by atomic mass is 10.1. The molecule has 0 radical (unpaired) electrons. The number of carbonyl (C=O) groups excluding carboxylic acids is 2. The average molecular weight is 488 g/mol. The number of hydrogen-bond acceptors (Lipinski definition) is 7. The highest BCUT2D eigenvalue weighted by atomic mass is 16.6. The first kappa shape index (κ1) is 24.5. The minimum absolute atomic E-state index is 0.0301. The summed E-state index contributed by atoms with van der Waals surface area (Å²) in [4.78, 5) is 37.8. The third kappa shape index (κ3) is 5.72. The number of benzene rings is 3. The van der Waals surface area contributed by atoms with Crippen LogP contribution < -0.4 is 15.5 Å². The Balaban J connectivity index is 1.52. The van der Waals surface area contributed by atoms with Crippen molar-refractivity contribution in [2.75, 3.05) is 0 Å². The van der Waals surface area contributed by atoms with Gasteiger partial charge in [0.1, 0.15) is 40.9 Å². The predicted molar refractivity (Wildman–Crippen MR) is 134 cm³/mol. The first-order chi connectivity index (χ1) is 17.3. The summed E-state index contributed by atoms with van der Waals surface area (Å²) < 4.78 is 16.5. The minimum atomic E-state index is -1.02. The van der Waals surface area contributed by atoms with E-state index in [9.17, 15) is 19.5 Å². The zero-order valence-corrected chi connectivity index (χ0v) is 19.8. The van der Waals surface area contributed by atoms with Crippen LogP contribution in [0, 0.1) is 5.92 Å². The van der Waals surface area contributed by atoms with Gasteiger partial charge in [-0.2, -0.15) is 0 Å².